The summed E-state index contributed by atoms with van der Waals surface area (Å²) >= 11 is 0. The summed E-state index contributed by atoms with van der Waals surface area (Å²) in [5.74, 6) is 1.27. The lowest BCUT2D eigenvalue weighted by Crippen LogP contribution is -2.24. The van der Waals surface area contributed by atoms with Gasteiger partial charge in [-0.05, 0) is 25.3 Å². The number of rotatable bonds is 7. The summed E-state index contributed by atoms with van der Waals surface area (Å²) in [6.45, 7) is 7.00. The maximum Gasteiger partial charge on any atom is 0.315 e. The predicted octanol–water partition coefficient (Wildman–Crippen LogP) is 1.15. The summed E-state index contributed by atoms with van der Waals surface area (Å²) in [5.41, 5.74) is 0. The van der Waals surface area contributed by atoms with Gasteiger partial charge in [0.2, 0.25) is 5.89 Å². The number of anilines is 1. The zero-order valence-electron chi connectivity index (χ0n) is 11.2. The zero-order chi connectivity index (χ0) is 12.8. The lowest BCUT2D eigenvalue weighted by Gasteiger charge is -2.15. The maximum atomic E-state index is 5.29. The van der Waals surface area contributed by atoms with Crippen molar-refractivity contribution in [3.63, 3.8) is 0 Å². The van der Waals surface area contributed by atoms with Gasteiger partial charge in [0.25, 0.3) is 0 Å². The van der Waals surface area contributed by atoms with Crippen LogP contribution in [0.3, 0.4) is 0 Å². The molecule has 0 radical (unpaired) electrons. The SMILES string of the molecule is COCCCN1CC[C@@H](CNc2nnc(C)o2)C1. The van der Waals surface area contributed by atoms with Crippen molar-refractivity contribution >= 4 is 6.01 Å². The summed E-state index contributed by atoms with van der Waals surface area (Å²) in [6.07, 6.45) is 2.34. The third-order valence-corrected chi connectivity index (χ3v) is 3.26. The minimum Gasteiger partial charge on any atom is -0.408 e. The third-order valence-electron chi connectivity index (χ3n) is 3.26. The molecule has 0 spiro atoms. The molecule has 0 bridgehead atoms. The smallest absolute Gasteiger partial charge is 0.315 e. The van der Waals surface area contributed by atoms with Crippen LogP contribution < -0.4 is 5.32 Å². The number of aryl methyl sites for hydroxylation is 1. The fraction of sp³-hybridized carbons (Fsp3) is 0.833. The average molecular weight is 254 g/mol. The van der Waals surface area contributed by atoms with Crippen molar-refractivity contribution in [2.75, 3.05) is 45.2 Å². The molecule has 0 amide bonds. The maximum absolute atomic E-state index is 5.29. The van der Waals surface area contributed by atoms with Gasteiger partial charge in [-0.15, -0.1) is 5.10 Å². The lowest BCUT2D eigenvalue weighted by atomic mass is 10.1. The van der Waals surface area contributed by atoms with E-state index in [0.29, 0.717) is 17.8 Å². The van der Waals surface area contributed by atoms with Crippen molar-refractivity contribution in [3.8, 4) is 0 Å². The van der Waals surface area contributed by atoms with Crippen LogP contribution in [0.2, 0.25) is 0 Å². The van der Waals surface area contributed by atoms with Crippen LogP contribution in [0.5, 0.6) is 0 Å². The second-order valence-electron chi connectivity index (χ2n) is 4.81. The summed E-state index contributed by atoms with van der Waals surface area (Å²) in [4.78, 5) is 2.49. The molecule has 2 rings (SSSR count). The average Bonchev–Trinajstić information content (AvgIpc) is 2.96. The topological polar surface area (TPSA) is 63.4 Å². The highest BCUT2D eigenvalue weighted by Crippen LogP contribution is 2.17. The Morgan fingerprint density at radius 1 is 1.50 bits per heavy atom. The molecule has 0 aliphatic carbocycles. The number of methoxy groups -OCH3 is 1. The van der Waals surface area contributed by atoms with E-state index in [1.165, 1.54) is 13.0 Å². The molecule has 1 aromatic rings. The lowest BCUT2D eigenvalue weighted by molar-refractivity contribution is 0.178. The first kappa shape index (κ1) is 13.3. The molecule has 0 saturated carbocycles. The van der Waals surface area contributed by atoms with Gasteiger partial charge in [-0.3, -0.25) is 0 Å². The van der Waals surface area contributed by atoms with E-state index in [1.54, 1.807) is 14.0 Å². The predicted molar refractivity (Wildman–Crippen MR) is 68.6 cm³/mol. The van der Waals surface area contributed by atoms with Crippen molar-refractivity contribution in [2.45, 2.75) is 19.8 Å². The number of aromatic nitrogens is 2. The van der Waals surface area contributed by atoms with Crippen LogP contribution in [0.15, 0.2) is 4.42 Å². The second-order valence-corrected chi connectivity index (χ2v) is 4.81. The second kappa shape index (κ2) is 6.70. The molecule has 1 aromatic heterocycles. The Bertz CT molecular complexity index is 356. The number of hydrogen-bond donors (Lipinski definition) is 1. The molecule has 1 aliphatic heterocycles. The van der Waals surface area contributed by atoms with Crippen molar-refractivity contribution in [1.82, 2.24) is 15.1 Å². The Morgan fingerprint density at radius 2 is 2.39 bits per heavy atom. The molecular formula is C12H22N4O2. The highest BCUT2D eigenvalue weighted by molar-refractivity contribution is 5.16. The zero-order valence-corrected chi connectivity index (χ0v) is 11.2. The number of ether oxygens (including phenoxy) is 1. The molecule has 1 aliphatic rings. The molecule has 6 heteroatoms. The minimum atomic E-state index is 0.533. The van der Waals surface area contributed by atoms with E-state index < -0.39 is 0 Å². The molecule has 0 aromatic carbocycles. The molecule has 1 fully saturated rings. The Labute approximate surface area is 108 Å². The van der Waals surface area contributed by atoms with Crippen LogP contribution in [-0.2, 0) is 4.74 Å². The van der Waals surface area contributed by atoms with Crippen LogP contribution >= 0.6 is 0 Å². The Balaban J connectivity index is 1.63. The molecule has 0 unspecified atom stereocenters. The van der Waals surface area contributed by atoms with Crippen LogP contribution in [0, 0.1) is 12.8 Å². The molecule has 102 valence electrons. The van der Waals surface area contributed by atoms with Gasteiger partial charge in [0.1, 0.15) is 0 Å². The first-order chi connectivity index (χ1) is 8.78. The highest BCUT2D eigenvalue weighted by Gasteiger charge is 2.22. The number of nitrogens with one attached hydrogen (secondary N) is 1. The van der Waals surface area contributed by atoms with Gasteiger partial charge in [0.15, 0.2) is 0 Å². The van der Waals surface area contributed by atoms with Gasteiger partial charge < -0.3 is 19.4 Å². The van der Waals surface area contributed by atoms with E-state index in [4.69, 9.17) is 9.15 Å². The van der Waals surface area contributed by atoms with Gasteiger partial charge in [-0.2, -0.15) is 0 Å². The van der Waals surface area contributed by atoms with Gasteiger partial charge >= 0.3 is 6.01 Å². The summed E-state index contributed by atoms with van der Waals surface area (Å²) in [5, 5.41) is 10.9. The third kappa shape index (κ3) is 3.96. The summed E-state index contributed by atoms with van der Waals surface area (Å²) in [6, 6.07) is 0.533. The van der Waals surface area contributed by atoms with Gasteiger partial charge in [-0.25, -0.2) is 0 Å². The molecule has 1 N–H and O–H groups in total. The molecule has 1 atom stereocenters. The summed E-state index contributed by atoms with van der Waals surface area (Å²) < 4.78 is 10.4. The molecule has 1 saturated heterocycles. The molecule has 6 nitrogen and oxygen atoms in total. The van der Waals surface area contributed by atoms with Crippen molar-refractivity contribution in [3.05, 3.63) is 5.89 Å². The normalized spacial score (nSPS) is 20.4. The quantitative estimate of drug-likeness (QED) is 0.736. The van der Waals surface area contributed by atoms with Crippen LogP contribution in [0.25, 0.3) is 0 Å². The fourth-order valence-electron chi connectivity index (χ4n) is 2.31. The Morgan fingerprint density at radius 3 is 3.11 bits per heavy atom. The van der Waals surface area contributed by atoms with E-state index >= 15 is 0 Å². The number of likely N-dealkylation sites (tertiary alicyclic amines) is 1. The van der Waals surface area contributed by atoms with E-state index in [9.17, 15) is 0 Å². The monoisotopic (exact) mass is 254 g/mol. The highest BCUT2D eigenvalue weighted by atomic mass is 16.5. The molecular weight excluding hydrogens is 232 g/mol. The first-order valence-electron chi connectivity index (χ1n) is 6.53. The minimum absolute atomic E-state index is 0.533. The van der Waals surface area contributed by atoms with E-state index in [1.807, 2.05) is 0 Å². The van der Waals surface area contributed by atoms with Crippen molar-refractivity contribution < 1.29 is 9.15 Å². The van der Waals surface area contributed by atoms with Crippen LogP contribution in [0.1, 0.15) is 18.7 Å². The van der Waals surface area contributed by atoms with E-state index in [-0.39, 0.29) is 0 Å². The standard InChI is InChI=1S/C12H22N4O2/c1-10-14-15-12(18-10)13-8-11-4-6-16(9-11)5-3-7-17-2/h11H,3-9H2,1-2H3,(H,13,15)/t11-/m0/s1. The Hall–Kier alpha value is -1.14. The van der Waals surface area contributed by atoms with Gasteiger partial charge in [-0.1, -0.05) is 5.10 Å². The molecule has 18 heavy (non-hydrogen) atoms. The molecule has 2 heterocycles. The van der Waals surface area contributed by atoms with Crippen LogP contribution in [-0.4, -0.2) is 55.0 Å². The van der Waals surface area contributed by atoms with E-state index in [2.05, 4.69) is 20.4 Å². The fourth-order valence-corrected chi connectivity index (χ4v) is 2.31. The largest absolute Gasteiger partial charge is 0.408 e. The van der Waals surface area contributed by atoms with Crippen molar-refractivity contribution in [1.29, 1.82) is 0 Å². The number of nitrogens with zero attached hydrogens (tertiary/aromatic N) is 3. The van der Waals surface area contributed by atoms with Crippen molar-refractivity contribution in [2.24, 2.45) is 5.92 Å². The number of hydrogen-bond acceptors (Lipinski definition) is 6. The van der Waals surface area contributed by atoms with Crippen LogP contribution in [0.4, 0.5) is 6.01 Å². The van der Waals surface area contributed by atoms with Gasteiger partial charge in [0, 0.05) is 40.3 Å². The first-order valence-corrected chi connectivity index (χ1v) is 6.53. The summed E-state index contributed by atoms with van der Waals surface area (Å²) in [7, 11) is 1.75. The van der Waals surface area contributed by atoms with Gasteiger partial charge in [0.05, 0.1) is 0 Å². The Kier molecular flexibility index (Phi) is 4.95. The van der Waals surface area contributed by atoms with E-state index in [0.717, 1.165) is 32.7 Å².